The Hall–Kier alpha value is -4.43. The molecule has 0 fully saturated rings. The SMILES string of the molecule is COc1ccc(-n2c(S[C@@H](C)C(=O)Nc3cc4oc5ccccc5c4cc3OC)nc3ccccc32)cc1. The number of nitrogens with zero attached hydrogens (tertiary/aromatic N) is 2. The number of furan rings is 1. The molecule has 8 heteroatoms. The van der Waals surface area contributed by atoms with Crippen molar-refractivity contribution in [2.24, 2.45) is 0 Å². The number of nitrogens with one attached hydrogen (secondary N) is 1. The summed E-state index contributed by atoms with van der Waals surface area (Å²) in [5.74, 6) is 1.17. The Morgan fingerprint density at radius 3 is 2.47 bits per heavy atom. The molecule has 0 unspecified atom stereocenters. The third kappa shape index (κ3) is 4.22. The lowest BCUT2D eigenvalue weighted by atomic mass is 10.1. The molecule has 0 radical (unpaired) electrons. The van der Waals surface area contributed by atoms with E-state index in [0.29, 0.717) is 17.0 Å². The summed E-state index contributed by atoms with van der Waals surface area (Å²) in [4.78, 5) is 18.2. The number of carbonyl (C=O) groups is 1. The fraction of sp³-hybridized carbons (Fsp3) is 0.133. The molecule has 6 aromatic rings. The molecule has 2 heterocycles. The van der Waals surface area contributed by atoms with Crippen LogP contribution in [0.5, 0.6) is 11.5 Å². The van der Waals surface area contributed by atoms with Crippen LogP contribution in [0.2, 0.25) is 0 Å². The Morgan fingerprint density at radius 2 is 1.68 bits per heavy atom. The second kappa shape index (κ2) is 9.79. The number of imidazole rings is 1. The quantitative estimate of drug-likeness (QED) is 0.226. The molecule has 0 bridgehead atoms. The number of fused-ring (bicyclic) bond motifs is 4. The largest absolute Gasteiger partial charge is 0.497 e. The van der Waals surface area contributed by atoms with E-state index < -0.39 is 5.25 Å². The van der Waals surface area contributed by atoms with Gasteiger partial charge in [0.15, 0.2) is 5.16 Å². The fourth-order valence-corrected chi connectivity index (χ4v) is 5.47. The summed E-state index contributed by atoms with van der Waals surface area (Å²) in [5.41, 5.74) is 4.78. The number of thioether (sulfide) groups is 1. The zero-order valence-corrected chi connectivity index (χ0v) is 21.9. The van der Waals surface area contributed by atoms with Crippen LogP contribution >= 0.6 is 11.8 Å². The van der Waals surface area contributed by atoms with Crippen LogP contribution in [0.1, 0.15) is 6.92 Å². The van der Waals surface area contributed by atoms with E-state index in [1.54, 1.807) is 14.2 Å². The maximum atomic E-state index is 13.4. The minimum absolute atomic E-state index is 0.169. The molecule has 0 aliphatic heterocycles. The van der Waals surface area contributed by atoms with Gasteiger partial charge in [-0.05, 0) is 55.5 Å². The molecule has 4 aromatic carbocycles. The molecule has 0 aliphatic carbocycles. The monoisotopic (exact) mass is 523 g/mol. The van der Waals surface area contributed by atoms with Gasteiger partial charge in [-0.3, -0.25) is 9.36 Å². The molecular formula is C30H25N3O4S. The lowest BCUT2D eigenvalue weighted by Gasteiger charge is -2.15. The summed E-state index contributed by atoms with van der Waals surface area (Å²) in [6.45, 7) is 1.86. The summed E-state index contributed by atoms with van der Waals surface area (Å²) in [7, 11) is 3.23. The van der Waals surface area contributed by atoms with Crippen molar-refractivity contribution in [3.05, 3.63) is 84.9 Å². The van der Waals surface area contributed by atoms with Crippen LogP contribution in [0.15, 0.2) is 94.5 Å². The zero-order valence-electron chi connectivity index (χ0n) is 21.1. The van der Waals surface area contributed by atoms with Gasteiger partial charge in [-0.1, -0.05) is 42.1 Å². The van der Waals surface area contributed by atoms with Gasteiger partial charge in [-0.15, -0.1) is 0 Å². The summed E-state index contributed by atoms with van der Waals surface area (Å²) < 4.78 is 19.0. The molecule has 0 aliphatic rings. The van der Waals surface area contributed by atoms with E-state index in [0.717, 1.165) is 44.0 Å². The number of rotatable bonds is 7. The minimum Gasteiger partial charge on any atom is -0.497 e. The number of benzene rings is 4. The van der Waals surface area contributed by atoms with E-state index in [9.17, 15) is 4.79 Å². The molecule has 0 saturated carbocycles. The maximum absolute atomic E-state index is 13.4. The van der Waals surface area contributed by atoms with Gasteiger partial charge in [0.2, 0.25) is 5.91 Å². The minimum atomic E-state index is -0.445. The van der Waals surface area contributed by atoms with E-state index in [1.807, 2.05) is 91.9 Å². The number of aromatic nitrogens is 2. The smallest absolute Gasteiger partial charge is 0.237 e. The normalized spacial score (nSPS) is 12.2. The highest BCUT2D eigenvalue weighted by molar-refractivity contribution is 8.00. The third-order valence-electron chi connectivity index (χ3n) is 6.47. The standard InChI is InChI=1S/C30H25N3O4S/c1-18(29(34)31-24-17-27-22(16-28(24)36-3)21-8-4-7-11-26(21)37-27)38-30-32-23-9-5-6-10-25(23)33(30)19-12-14-20(35-2)15-13-19/h4-18H,1-3H3,(H,31,34)/t18-/m0/s1. The molecule has 0 saturated heterocycles. The molecule has 2 aromatic heterocycles. The number of ether oxygens (including phenoxy) is 2. The Balaban J connectivity index is 1.30. The van der Waals surface area contributed by atoms with Gasteiger partial charge in [0.05, 0.1) is 36.2 Å². The second-order valence-corrected chi connectivity index (χ2v) is 10.1. The first-order valence-electron chi connectivity index (χ1n) is 12.1. The first-order valence-corrected chi connectivity index (χ1v) is 13.0. The fourth-order valence-electron chi connectivity index (χ4n) is 4.53. The lowest BCUT2D eigenvalue weighted by Crippen LogP contribution is -2.23. The predicted molar refractivity (Wildman–Crippen MR) is 152 cm³/mol. The molecule has 1 amide bonds. The van der Waals surface area contributed by atoms with Crippen LogP contribution in [0.25, 0.3) is 38.7 Å². The third-order valence-corrected chi connectivity index (χ3v) is 7.52. The molecule has 1 atom stereocenters. The van der Waals surface area contributed by atoms with Crippen molar-refractivity contribution in [1.29, 1.82) is 0 Å². The van der Waals surface area contributed by atoms with Crippen molar-refractivity contribution in [3.63, 3.8) is 0 Å². The van der Waals surface area contributed by atoms with Crippen molar-refractivity contribution in [1.82, 2.24) is 9.55 Å². The van der Waals surface area contributed by atoms with Crippen LogP contribution < -0.4 is 14.8 Å². The van der Waals surface area contributed by atoms with Crippen molar-refractivity contribution < 1.29 is 18.7 Å². The van der Waals surface area contributed by atoms with E-state index in [4.69, 9.17) is 18.9 Å². The number of anilines is 1. The average molecular weight is 524 g/mol. The van der Waals surface area contributed by atoms with Crippen LogP contribution in [0, 0.1) is 0 Å². The zero-order chi connectivity index (χ0) is 26.2. The average Bonchev–Trinajstić information content (AvgIpc) is 3.49. The van der Waals surface area contributed by atoms with Gasteiger partial charge in [0, 0.05) is 22.5 Å². The van der Waals surface area contributed by atoms with Gasteiger partial charge in [-0.2, -0.15) is 0 Å². The lowest BCUT2D eigenvalue weighted by molar-refractivity contribution is -0.115. The number of carbonyl (C=O) groups excluding carboxylic acids is 1. The first kappa shape index (κ1) is 23.9. The van der Waals surface area contributed by atoms with E-state index in [1.165, 1.54) is 11.8 Å². The molecule has 7 nitrogen and oxygen atoms in total. The number of hydrogen-bond acceptors (Lipinski definition) is 6. The summed E-state index contributed by atoms with van der Waals surface area (Å²) in [6.07, 6.45) is 0. The van der Waals surface area contributed by atoms with Crippen LogP contribution in [-0.2, 0) is 4.79 Å². The molecule has 1 N–H and O–H groups in total. The predicted octanol–water partition coefficient (Wildman–Crippen LogP) is 7.06. The maximum Gasteiger partial charge on any atom is 0.237 e. The van der Waals surface area contributed by atoms with Gasteiger partial charge < -0.3 is 19.2 Å². The summed E-state index contributed by atoms with van der Waals surface area (Å²) in [6, 6.07) is 27.3. The van der Waals surface area contributed by atoms with Crippen LogP contribution in [-0.4, -0.2) is 34.9 Å². The molecular weight excluding hydrogens is 498 g/mol. The highest BCUT2D eigenvalue weighted by Gasteiger charge is 2.22. The summed E-state index contributed by atoms with van der Waals surface area (Å²) >= 11 is 1.39. The van der Waals surface area contributed by atoms with Gasteiger partial charge in [0.25, 0.3) is 0 Å². The number of para-hydroxylation sites is 3. The van der Waals surface area contributed by atoms with Crippen molar-refractivity contribution in [3.8, 4) is 17.2 Å². The van der Waals surface area contributed by atoms with Crippen molar-refractivity contribution in [2.45, 2.75) is 17.3 Å². The molecule has 0 spiro atoms. The van der Waals surface area contributed by atoms with Gasteiger partial charge in [-0.25, -0.2) is 4.98 Å². The van der Waals surface area contributed by atoms with Gasteiger partial charge in [0.1, 0.15) is 22.7 Å². The highest BCUT2D eigenvalue weighted by Crippen LogP contribution is 2.37. The van der Waals surface area contributed by atoms with E-state index in [-0.39, 0.29) is 5.91 Å². The summed E-state index contributed by atoms with van der Waals surface area (Å²) in [5, 5.41) is 5.24. The number of amides is 1. The van der Waals surface area contributed by atoms with Crippen LogP contribution in [0.3, 0.4) is 0 Å². The first-order chi connectivity index (χ1) is 18.6. The van der Waals surface area contributed by atoms with E-state index >= 15 is 0 Å². The van der Waals surface area contributed by atoms with E-state index in [2.05, 4.69) is 9.88 Å². The topological polar surface area (TPSA) is 78.5 Å². The Labute approximate surface area is 223 Å². The molecule has 6 rings (SSSR count). The van der Waals surface area contributed by atoms with Crippen molar-refractivity contribution in [2.75, 3.05) is 19.5 Å². The molecule has 38 heavy (non-hydrogen) atoms. The highest BCUT2D eigenvalue weighted by atomic mass is 32.2. The number of hydrogen-bond donors (Lipinski definition) is 1. The second-order valence-electron chi connectivity index (χ2n) is 8.81. The van der Waals surface area contributed by atoms with Crippen molar-refractivity contribution >= 4 is 56.3 Å². The Bertz CT molecular complexity index is 1790. The van der Waals surface area contributed by atoms with Crippen LogP contribution in [0.4, 0.5) is 5.69 Å². The number of methoxy groups -OCH3 is 2. The Morgan fingerprint density at radius 1 is 0.921 bits per heavy atom. The molecule has 190 valence electrons. The Kier molecular flexibility index (Phi) is 6.17. The van der Waals surface area contributed by atoms with Gasteiger partial charge >= 0.3 is 0 Å².